The van der Waals surface area contributed by atoms with E-state index in [0.29, 0.717) is 17.0 Å². The highest BCUT2D eigenvalue weighted by Gasteiger charge is 2.11. The van der Waals surface area contributed by atoms with Crippen LogP contribution in [0.4, 0.5) is 0 Å². The second-order valence-electron chi connectivity index (χ2n) is 5.15. The largest absolute Gasteiger partial charge is 0.496 e. The molecule has 0 aliphatic heterocycles. The van der Waals surface area contributed by atoms with Crippen LogP contribution in [-0.4, -0.2) is 11.8 Å². The lowest BCUT2D eigenvalue weighted by atomic mass is 10.1. The molecule has 1 aromatic heterocycles. The fraction of sp³-hybridized carbons (Fsp3) is 0.167. The van der Waals surface area contributed by atoms with E-state index in [1.165, 1.54) is 10.8 Å². The number of fused-ring (bicyclic) bond motifs is 1. The van der Waals surface area contributed by atoms with Crippen LogP contribution in [0.15, 0.2) is 53.3 Å². The number of hydrogen-bond donors (Lipinski definition) is 0. The number of hydrogen-bond acceptors (Lipinski definition) is 3. The minimum atomic E-state index is -0.267. The van der Waals surface area contributed by atoms with Gasteiger partial charge in [0.1, 0.15) is 5.75 Å². The van der Waals surface area contributed by atoms with Gasteiger partial charge in [0.25, 0.3) is 5.56 Å². The molecule has 0 fully saturated rings. The van der Waals surface area contributed by atoms with E-state index in [2.05, 4.69) is 0 Å². The molecule has 0 atom stereocenters. The van der Waals surface area contributed by atoms with E-state index in [1.54, 1.807) is 7.11 Å². The first-order chi connectivity index (χ1) is 10.6. The van der Waals surface area contributed by atoms with Gasteiger partial charge in [-0.15, -0.1) is 4.73 Å². The normalized spacial score (nSPS) is 10.7. The third-order valence-electron chi connectivity index (χ3n) is 3.81. The first-order valence-corrected chi connectivity index (χ1v) is 7.05. The number of methoxy groups -OCH3 is 1. The Labute approximate surface area is 128 Å². The average molecular weight is 295 g/mol. The summed E-state index contributed by atoms with van der Waals surface area (Å²) in [6.07, 6.45) is 0. The molecule has 0 aliphatic rings. The molecule has 112 valence electrons. The monoisotopic (exact) mass is 295 g/mol. The SMILES string of the molecule is COc1cc(=O)n(Oc2cccc(C)c2C)c2ccccc12. The summed E-state index contributed by atoms with van der Waals surface area (Å²) < 4.78 is 6.59. The summed E-state index contributed by atoms with van der Waals surface area (Å²) in [5.74, 6) is 1.21. The molecule has 2 aromatic carbocycles. The Kier molecular flexibility index (Phi) is 3.59. The third kappa shape index (κ3) is 2.33. The van der Waals surface area contributed by atoms with Gasteiger partial charge >= 0.3 is 0 Å². The van der Waals surface area contributed by atoms with Gasteiger partial charge in [0.2, 0.25) is 0 Å². The number of ether oxygens (including phenoxy) is 1. The molecule has 0 spiro atoms. The molecule has 0 aliphatic carbocycles. The van der Waals surface area contributed by atoms with Crippen LogP contribution >= 0.6 is 0 Å². The van der Waals surface area contributed by atoms with Crippen molar-refractivity contribution in [1.29, 1.82) is 0 Å². The van der Waals surface area contributed by atoms with Crippen LogP contribution in [0.25, 0.3) is 10.9 Å². The number of para-hydroxylation sites is 1. The minimum Gasteiger partial charge on any atom is -0.496 e. The van der Waals surface area contributed by atoms with E-state index >= 15 is 0 Å². The van der Waals surface area contributed by atoms with Crippen molar-refractivity contribution in [2.45, 2.75) is 13.8 Å². The average Bonchev–Trinajstić information content (AvgIpc) is 2.53. The molecular formula is C18H17NO3. The van der Waals surface area contributed by atoms with E-state index in [9.17, 15) is 4.79 Å². The van der Waals surface area contributed by atoms with Crippen molar-refractivity contribution in [1.82, 2.24) is 4.73 Å². The number of aryl methyl sites for hydroxylation is 1. The van der Waals surface area contributed by atoms with Crippen LogP contribution < -0.4 is 15.1 Å². The summed E-state index contributed by atoms with van der Waals surface area (Å²) in [4.78, 5) is 18.3. The number of rotatable bonds is 3. The van der Waals surface area contributed by atoms with Crippen molar-refractivity contribution in [3.8, 4) is 11.5 Å². The van der Waals surface area contributed by atoms with E-state index in [0.717, 1.165) is 16.5 Å². The maximum Gasteiger partial charge on any atom is 0.287 e. The lowest BCUT2D eigenvalue weighted by Gasteiger charge is -2.15. The third-order valence-corrected chi connectivity index (χ3v) is 3.81. The maximum atomic E-state index is 12.4. The number of aromatic nitrogens is 1. The lowest BCUT2D eigenvalue weighted by Crippen LogP contribution is -2.24. The standard InChI is InChI=1S/C18H17NO3/c1-12-7-6-10-16(13(12)2)22-19-15-9-5-4-8-14(15)17(21-3)11-18(19)20/h4-11H,1-3H3. The molecule has 0 amide bonds. The van der Waals surface area contributed by atoms with Crippen molar-refractivity contribution in [3.05, 3.63) is 70.0 Å². The summed E-state index contributed by atoms with van der Waals surface area (Å²) in [5.41, 5.74) is 2.53. The molecule has 0 unspecified atom stereocenters. The molecule has 4 heteroatoms. The topological polar surface area (TPSA) is 40.5 Å². The van der Waals surface area contributed by atoms with Crippen molar-refractivity contribution in [3.63, 3.8) is 0 Å². The van der Waals surface area contributed by atoms with Crippen molar-refractivity contribution in [2.24, 2.45) is 0 Å². The Morgan fingerprint density at radius 1 is 0.955 bits per heavy atom. The highest BCUT2D eigenvalue weighted by molar-refractivity contribution is 5.85. The van der Waals surface area contributed by atoms with Crippen LogP contribution in [0, 0.1) is 13.8 Å². The van der Waals surface area contributed by atoms with Crippen LogP contribution in [0.2, 0.25) is 0 Å². The fourth-order valence-corrected chi connectivity index (χ4v) is 2.41. The molecule has 0 saturated carbocycles. The second kappa shape index (κ2) is 5.56. The fourth-order valence-electron chi connectivity index (χ4n) is 2.41. The number of nitrogens with zero attached hydrogens (tertiary/aromatic N) is 1. The van der Waals surface area contributed by atoms with Crippen molar-refractivity contribution < 1.29 is 9.57 Å². The Bertz CT molecular complexity index is 896. The molecule has 0 radical (unpaired) electrons. The lowest BCUT2D eigenvalue weighted by molar-refractivity contribution is 0.215. The van der Waals surface area contributed by atoms with Gasteiger partial charge in [0.05, 0.1) is 12.6 Å². The van der Waals surface area contributed by atoms with Crippen LogP contribution in [-0.2, 0) is 0 Å². The zero-order valence-corrected chi connectivity index (χ0v) is 12.8. The number of benzene rings is 2. The molecule has 0 saturated heterocycles. The zero-order valence-electron chi connectivity index (χ0n) is 12.8. The van der Waals surface area contributed by atoms with Crippen LogP contribution in [0.5, 0.6) is 11.5 Å². The van der Waals surface area contributed by atoms with E-state index in [1.807, 2.05) is 56.3 Å². The first kappa shape index (κ1) is 14.2. The van der Waals surface area contributed by atoms with Crippen LogP contribution in [0.1, 0.15) is 11.1 Å². The first-order valence-electron chi connectivity index (χ1n) is 7.05. The van der Waals surface area contributed by atoms with Crippen LogP contribution in [0.3, 0.4) is 0 Å². The van der Waals surface area contributed by atoms with Gasteiger partial charge in [0, 0.05) is 11.5 Å². The van der Waals surface area contributed by atoms with Gasteiger partial charge in [-0.05, 0) is 43.2 Å². The minimum absolute atomic E-state index is 0.267. The molecule has 0 N–H and O–H groups in total. The smallest absolute Gasteiger partial charge is 0.287 e. The van der Waals surface area contributed by atoms with E-state index in [4.69, 9.17) is 9.57 Å². The van der Waals surface area contributed by atoms with Gasteiger partial charge in [-0.25, -0.2) is 0 Å². The van der Waals surface area contributed by atoms with Gasteiger partial charge in [-0.2, -0.15) is 0 Å². The summed E-state index contributed by atoms with van der Waals surface area (Å²) in [6.45, 7) is 3.98. The van der Waals surface area contributed by atoms with Gasteiger partial charge in [-0.3, -0.25) is 4.79 Å². The second-order valence-corrected chi connectivity index (χ2v) is 5.15. The van der Waals surface area contributed by atoms with E-state index in [-0.39, 0.29) is 5.56 Å². The molecule has 3 rings (SSSR count). The Hall–Kier alpha value is -2.75. The zero-order chi connectivity index (χ0) is 15.7. The van der Waals surface area contributed by atoms with E-state index < -0.39 is 0 Å². The van der Waals surface area contributed by atoms with Crippen molar-refractivity contribution in [2.75, 3.05) is 7.11 Å². The Morgan fingerprint density at radius 2 is 1.73 bits per heavy atom. The molecule has 1 heterocycles. The summed E-state index contributed by atoms with van der Waals surface area (Å²) >= 11 is 0. The highest BCUT2D eigenvalue weighted by Crippen LogP contribution is 2.25. The molecule has 3 aromatic rings. The Balaban J connectivity index is 2.21. The maximum absolute atomic E-state index is 12.4. The van der Waals surface area contributed by atoms with Gasteiger partial charge < -0.3 is 9.57 Å². The summed E-state index contributed by atoms with van der Waals surface area (Å²) in [5, 5.41) is 0.829. The van der Waals surface area contributed by atoms with Gasteiger partial charge in [0.15, 0.2) is 5.75 Å². The number of pyridine rings is 1. The Morgan fingerprint density at radius 3 is 2.50 bits per heavy atom. The van der Waals surface area contributed by atoms with Crippen molar-refractivity contribution >= 4 is 10.9 Å². The predicted octanol–water partition coefficient (Wildman–Crippen LogP) is 3.47. The quantitative estimate of drug-likeness (QED) is 0.743. The predicted molar refractivity (Wildman–Crippen MR) is 86.7 cm³/mol. The van der Waals surface area contributed by atoms with Gasteiger partial charge in [-0.1, -0.05) is 24.3 Å². The highest BCUT2D eigenvalue weighted by atomic mass is 16.7. The molecular weight excluding hydrogens is 278 g/mol. The summed E-state index contributed by atoms with van der Waals surface area (Å²) in [7, 11) is 1.55. The molecule has 22 heavy (non-hydrogen) atoms. The molecule has 4 nitrogen and oxygen atoms in total. The molecule has 0 bridgehead atoms. The summed E-state index contributed by atoms with van der Waals surface area (Å²) in [6, 6.07) is 14.7.